The predicted octanol–water partition coefficient (Wildman–Crippen LogP) is 2.54. The van der Waals surface area contributed by atoms with Gasteiger partial charge in [-0.1, -0.05) is 24.3 Å². The molecular weight excluding hydrogens is 258 g/mol. The van der Waals surface area contributed by atoms with Gasteiger partial charge < -0.3 is 10.0 Å². The van der Waals surface area contributed by atoms with Gasteiger partial charge in [-0.2, -0.15) is 0 Å². The van der Waals surface area contributed by atoms with Crippen LogP contribution in [0, 0.1) is 6.92 Å². The van der Waals surface area contributed by atoms with E-state index in [9.17, 15) is 5.11 Å². The Bertz CT molecular complexity index is 532. The summed E-state index contributed by atoms with van der Waals surface area (Å²) in [6, 6.07) is 6.03. The van der Waals surface area contributed by atoms with Crippen LogP contribution in [0.5, 0.6) is 0 Å². The third kappa shape index (κ3) is 3.30. The van der Waals surface area contributed by atoms with Gasteiger partial charge in [0.2, 0.25) is 0 Å². The van der Waals surface area contributed by atoms with Crippen LogP contribution in [0.3, 0.4) is 0 Å². The molecule has 5 heteroatoms. The summed E-state index contributed by atoms with van der Waals surface area (Å²) in [5.74, 6) is 0. The Hall–Kier alpha value is -1.46. The Morgan fingerprint density at radius 3 is 2.68 bits per heavy atom. The molecule has 0 fully saturated rings. The Kier molecular flexibility index (Phi) is 4.50. The summed E-state index contributed by atoms with van der Waals surface area (Å²) in [7, 11) is 2.00. The number of aliphatic hydroxyl groups is 1. The number of aryl methyl sites for hydroxylation is 2. The van der Waals surface area contributed by atoms with Gasteiger partial charge in [-0.25, -0.2) is 4.98 Å². The topological polar surface area (TPSA) is 49.2 Å². The Morgan fingerprint density at radius 2 is 2.11 bits per heavy atom. The SMILES string of the molecule is CCc1nc(N(C)Cc2cccc(C)n2)sc1CO. The van der Waals surface area contributed by atoms with Gasteiger partial charge in [0.05, 0.1) is 29.4 Å². The maximum absolute atomic E-state index is 9.31. The van der Waals surface area contributed by atoms with Crippen molar-refractivity contribution < 1.29 is 5.11 Å². The number of aliphatic hydroxyl groups excluding tert-OH is 1. The molecule has 0 unspecified atom stereocenters. The fourth-order valence-electron chi connectivity index (χ4n) is 1.93. The molecular formula is C14H19N3OS. The summed E-state index contributed by atoms with van der Waals surface area (Å²) in [5, 5.41) is 10.2. The maximum atomic E-state index is 9.31. The van der Waals surface area contributed by atoms with E-state index in [1.807, 2.05) is 32.2 Å². The summed E-state index contributed by atoms with van der Waals surface area (Å²) in [6.45, 7) is 4.84. The molecule has 0 bridgehead atoms. The first kappa shape index (κ1) is 14.0. The van der Waals surface area contributed by atoms with E-state index in [0.717, 1.165) is 40.1 Å². The highest BCUT2D eigenvalue weighted by Crippen LogP contribution is 2.26. The van der Waals surface area contributed by atoms with Crippen molar-refractivity contribution in [1.82, 2.24) is 9.97 Å². The zero-order valence-electron chi connectivity index (χ0n) is 11.6. The van der Waals surface area contributed by atoms with E-state index in [4.69, 9.17) is 0 Å². The number of hydrogen-bond acceptors (Lipinski definition) is 5. The average molecular weight is 277 g/mol. The van der Waals surface area contributed by atoms with Gasteiger partial charge in [-0.3, -0.25) is 4.98 Å². The standard InChI is InChI=1S/C14H19N3OS/c1-4-12-13(9-18)19-14(16-12)17(3)8-11-7-5-6-10(2)15-11/h5-7,18H,4,8-9H2,1-3H3. The normalized spacial score (nSPS) is 10.7. The smallest absolute Gasteiger partial charge is 0.185 e. The van der Waals surface area contributed by atoms with Crippen molar-refractivity contribution in [3.05, 3.63) is 40.2 Å². The molecule has 2 rings (SSSR count). The average Bonchev–Trinajstić information content (AvgIpc) is 2.82. The minimum Gasteiger partial charge on any atom is -0.391 e. The lowest BCUT2D eigenvalue weighted by molar-refractivity contribution is 0.284. The van der Waals surface area contributed by atoms with Gasteiger partial charge in [0.25, 0.3) is 0 Å². The first-order chi connectivity index (χ1) is 9.13. The van der Waals surface area contributed by atoms with Crippen LogP contribution in [-0.4, -0.2) is 22.1 Å². The molecule has 0 saturated carbocycles. The van der Waals surface area contributed by atoms with Crippen LogP contribution in [0.4, 0.5) is 5.13 Å². The molecule has 0 radical (unpaired) electrons. The molecule has 2 aromatic rings. The van der Waals surface area contributed by atoms with Crippen LogP contribution in [0.1, 0.15) is 28.9 Å². The van der Waals surface area contributed by atoms with Crippen molar-refractivity contribution in [3.8, 4) is 0 Å². The molecule has 0 atom stereocenters. The van der Waals surface area contributed by atoms with Crippen molar-refractivity contribution >= 4 is 16.5 Å². The largest absolute Gasteiger partial charge is 0.391 e. The summed E-state index contributed by atoms with van der Waals surface area (Å²) >= 11 is 1.55. The molecule has 19 heavy (non-hydrogen) atoms. The molecule has 2 aromatic heterocycles. The van der Waals surface area contributed by atoms with Crippen molar-refractivity contribution in [2.24, 2.45) is 0 Å². The Balaban J connectivity index is 2.15. The number of anilines is 1. The molecule has 0 amide bonds. The Morgan fingerprint density at radius 1 is 1.32 bits per heavy atom. The second-order valence-electron chi connectivity index (χ2n) is 4.50. The minimum atomic E-state index is 0.0668. The van der Waals surface area contributed by atoms with Gasteiger partial charge in [0, 0.05) is 12.7 Å². The fourth-order valence-corrected chi connectivity index (χ4v) is 2.90. The van der Waals surface area contributed by atoms with Gasteiger partial charge in [0.15, 0.2) is 5.13 Å². The van der Waals surface area contributed by atoms with Gasteiger partial charge in [0.1, 0.15) is 0 Å². The first-order valence-corrected chi connectivity index (χ1v) is 7.18. The highest BCUT2D eigenvalue weighted by atomic mass is 32.1. The maximum Gasteiger partial charge on any atom is 0.185 e. The van der Waals surface area contributed by atoms with Crippen LogP contribution in [-0.2, 0) is 19.6 Å². The lowest BCUT2D eigenvalue weighted by Crippen LogP contribution is -2.17. The second-order valence-corrected chi connectivity index (χ2v) is 5.57. The summed E-state index contributed by atoms with van der Waals surface area (Å²) < 4.78 is 0. The predicted molar refractivity (Wildman–Crippen MR) is 78.5 cm³/mol. The zero-order valence-corrected chi connectivity index (χ0v) is 12.4. The molecule has 0 saturated heterocycles. The van der Waals surface area contributed by atoms with E-state index in [1.54, 1.807) is 11.3 Å². The number of rotatable bonds is 5. The van der Waals surface area contributed by atoms with Crippen LogP contribution in [0.15, 0.2) is 18.2 Å². The van der Waals surface area contributed by atoms with Crippen molar-refractivity contribution in [3.63, 3.8) is 0 Å². The highest BCUT2D eigenvalue weighted by Gasteiger charge is 2.12. The molecule has 1 N–H and O–H groups in total. The number of nitrogens with zero attached hydrogens (tertiary/aromatic N) is 3. The lowest BCUT2D eigenvalue weighted by atomic mass is 10.3. The number of hydrogen-bond donors (Lipinski definition) is 1. The minimum absolute atomic E-state index is 0.0668. The highest BCUT2D eigenvalue weighted by molar-refractivity contribution is 7.15. The quantitative estimate of drug-likeness (QED) is 0.912. The van der Waals surface area contributed by atoms with E-state index < -0.39 is 0 Å². The van der Waals surface area contributed by atoms with Crippen LogP contribution < -0.4 is 4.90 Å². The van der Waals surface area contributed by atoms with Crippen molar-refractivity contribution in [1.29, 1.82) is 0 Å². The van der Waals surface area contributed by atoms with Crippen molar-refractivity contribution in [2.75, 3.05) is 11.9 Å². The van der Waals surface area contributed by atoms with E-state index in [-0.39, 0.29) is 6.61 Å². The summed E-state index contributed by atoms with van der Waals surface area (Å²) in [5.41, 5.74) is 3.04. The summed E-state index contributed by atoms with van der Waals surface area (Å²) in [4.78, 5) is 12.1. The van der Waals surface area contributed by atoms with Gasteiger partial charge in [-0.15, -0.1) is 0 Å². The molecule has 0 aliphatic rings. The number of thiazole rings is 1. The van der Waals surface area contributed by atoms with Crippen LogP contribution >= 0.6 is 11.3 Å². The van der Waals surface area contributed by atoms with E-state index >= 15 is 0 Å². The third-order valence-corrected chi connectivity index (χ3v) is 4.11. The summed E-state index contributed by atoms with van der Waals surface area (Å²) in [6.07, 6.45) is 0.850. The van der Waals surface area contributed by atoms with E-state index in [2.05, 4.69) is 21.8 Å². The Labute approximate surface area is 117 Å². The van der Waals surface area contributed by atoms with E-state index in [1.165, 1.54) is 0 Å². The lowest BCUT2D eigenvalue weighted by Gasteiger charge is -2.15. The van der Waals surface area contributed by atoms with Crippen LogP contribution in [0.2, 0.25) is 0 Å². The van der Waals surface area contributed by atoms with Crippen LogP contribution in [0.25, 0.3) is 0 Å². The van der Waals surface area contributed by atoms with Crippen molar-refractivity contribution in [2.45, 2.75) is 33.4 Å². The molecule has 2 heterocycles. The van der Waals surface area contributed by atoms with E-state index in [0.29, 0.717) is 0 Å². The van der Waals surface area contributed by atoms with Gasteiger partial charge >= 0.3 is 0 Å². The molecule has 0 aliphatic carbocycles. The third-order valence-electron chi connectivity index (χ3n) is 2.92. The molecule has 0 aromatic carbocycles. The fraction of sp³-hybridized carbons (Fsp3) is 0.429. The molecule has 102 valence electrons. The number of pyridine rings is 1. The van der Waals surface area contributed by atoms with Gasteiger partial charge in [-0.05, 0) is 25.5 Å². The number of aromatic nitrogens is 2. The molecule has 0 spiro atoms. The molecule has 4 nitrogen and oxygen atoms in total. The second kappa shape index (κ2) is 6.12. The first-order valence-electron chi connectivity index (χ1n) is 6.37. The monoisotopic (exact) mass is 277 g/mol. The zero-order chi connectivity index (χ0) is 13.8. The molecule has 0 aliphatic heterocycles.